The molecule has 2 nitrogen and oxygen atoms in total. The lowest BCUT2D eigenvalue weighted by molar-refractivity contribution is 0.133. The maximum absolute atomic E-state index is 10.2. The number of hydrogen-bond acceptors (Lipinski definition) is 2. The average Bonchev–Trinajstić information content (AvgIpc) is 2.27. The summed E-state index contributed by atoms with van der Waals surface area (Å²) in [7, 11) is 0. The molecule has 1 atom stereocenters. The van der Waals surface area contributed by atoms with Crippen LogP contribution >= 0.6 is 0 Å². The molecule has 1 aromatic carbocycles. The molecular formula is C13H15NO. The van der Waals surface area contributed by atoms with Crippen LogP contribution < -0.4 is 0 Å². The van der Waals surface area contributed by atoms with Crippen molar-refractivity contribution in [2.45, 2.75) is 12.5 Å². The maximum atomic E-state index is 10.2. The van der Waals surface area contributed by atoms with Gasteiger partial charge in [0.2, 0.25) is 0 Å². The van der Waals surface area contributed by atoms with Crippen molar-refractivity contribution in [3.8, 4) is 0 Å². The zero-order chi connectivity index (χ0) is 11.3. The molecule has 0 spiro atoms. The van der Waals surface area contributed by atoms with Gasteiger partial charge in [-0.15, -0.1) is 0 Å². The number of hydrogen-bond donors (Lipinski definition) is 2. The Bertz CT molecular complexity index is 377. The van der Waals surface area contributed by atoms with Gasteiger partial charge in [0.15, 0.2) is 0 Å². The van der Waals surface area contributed by atoms with Crippen molar-refractivity contribution < 1.29 is 5.11 Å². The largest absolute Gasteiger partial charge is 0.379 e. The van der Waals surface area contributed by atoms with E-state index in [4.69, 9.17) is 5.41 Å². The van der Waals surface area contributed by atoms with Gasteiger partial charge in [-0.3, -0.25) is 0 Å². The van der Waals surface area contributed by atoms with Crippen molar-refractivity contribution in [1.29, 1.82) is 5.41 Å². The first kappa shape index (κ1) is 11.4. The lowest BCUT2D eigenvalue weighted by Crippen LogP contribution is -2.30. The van der Waals surface area contributed by atoms with Crippen LogP contribution in [0.2, 0.25) is 0 Å². The monoisotopic (exact) mass is 201 g/mol. The lowest BCUT2D eigenvalue weighted by atomic mass is 9.90. The highest BCUT2D eigenvalue weighted by molar-refractivity contribution is 5.99. The van der Waals surface area contributed by atoms with E-state index in [2.05, 4.69) is 6.58 Å². The van der Waals surface area contributed by atoms with E-state index in [1.54, 1.807) is 37.3 Å². The normalized spacial score (nSPS) is 14.8. The average molecular weight is 201 g/mol. The molecule has 78 valence electrons. The van der Waals surface area contributed by atoms with Gasteiger partial charge in [0, 0.05) is 0 Å². The zero-order valence-corrected chi connectivity index (χ0v) is 8.77. The Hall–Kier alpha value is -1.67. The fourth-order valence-corrected chi connectivity index (χ4v) is 1.24. The molecule has 0 aliphatic carbocycles. The summed E-state index contributed by atoms with van der Waals surface area (Å²) in [6.07, 6.45) is 4.76. The Morgan fingerprint density at radius 2 is 2.00 bits per heavy atom. The summed E-state index contributed by atoms with van der Waals surface area (Å²) >= 11 is 0. The third kappa shape index (κ3) is 2.64. The van der Waals surface area contributed by atoms with E-state index in [0.29, 0.717) is 5.56 Å². The minimum absolute atomic E-state index is 0.147. The Morgan fingerprint density at radius 1 is 1.40 bits per heavy atom. The van der Waals surface area contributed by atoms with Crippen LogP contribution in [0.5, 0.6) is 0 Å². The Balaban J connectivity index is 2.97. The van der Waals surface area contributed by atoms with Crippen molar-refractivity contribution in [3.63, 3.8) is 0 Å². The molecule has 1 rings (SSSR count). The van der Waals surface area contributed by atoms with Crippen molar-refractivity contribution >= 4 is 5.71 Å². The molecule has 0 amide bonds. The van der Waals surface area contributed by atoms with Crippen molar-refractivity contribution in [1.82, 2.24) is 0 Å². The van der Waals surface area contributed by atoms with E-state index < -0.39 is 5.60 Å². The molecule has 0 bridgehead atoms. The Labute approximate surface area is 90.1 Å². The van der Waals surface area contributed by atoms with Crippen LogP contribution in [0, 0.1) is 5.41 Å². The molecule has 15 heavy (non-hydrogen) atoms. The molecule has 2 heteroatoms. The van der Waals surface area contributed by atoms with Gasteiger partial charge in [0.1, 0.15) is 5.60 Å². The molecule has 0 aromatic heterocycles. The molecule has 0 radical (unpaired) electrons. The summed E-state index contributed by atoms with van der Waals surface area (Å²) in [5.74, 6) is 0. The van der Waals surface area contributed by atoms with Crippen LogP contribution in [0.4, 0.5) is 0 Å². The first-order valence-electron chi connectivity index (χ1n) is 4.75. The summed E-state index contributed by atoms with van der Waals surface area (Å²) in [5.41, 5.74) is -0.391. The fourth-order valence-electron chi connectivity index (χ4n) is 1.24. The zero-order valence-electron chi connectivity index (χ0n) is 8.77. The fraction of sp³-hybridized carbons (Fsp3) is 0.154. The molecule has 2 N–H and O–H groups in total. The van der Waals surface area contributed by atoms with Gasteiger partial charge in [-0.05, 0) is 18.6 Å². The van der Waals surface area contributed by atoms with E-state index in [-0.39, 0.29) is 5.71 Å². The van der Waals surface area contributed by atoms with Gasteiger partial charge in [-0.25, -0.2) is 0 Å². The van der Waals surface area contributed by atoms with Gasteiger partial charge in [-0.2, -0.15) is 0 Å². The second-order valence-corrected chi connectivity index (χ2v) is 3.45. The van der Waals surface area contributed by atoms with Gasteiger partial charge >= 0.3 is 0 Å². The van der Waals surface area contributed by atoms with E-state index in [9.17, 15) is 5.11 Å². The van der Waals surface area contributed by atoms with Crippen LogP contribution in [0.25, 0.3) is 0 Å². The predicted octanol–water partition coefficient (Wildman–Crippen LogP) is 2.66. The Kier molecular flexibility index (Phi) is 3.58. The molecular weight excluding hydrogens is 186 g/mol. The number of rotatable bonds is 4. The topological polar surface area (TPSA) is 44.1 Å². The number of nitrogens with one attached hydrogen (secondary N) is 1. The predicted molar refractivity (Wildman–Crippen MR) is 63.1 cm³/mol. The smallest absolute Gasteiger partial charge is 0.128 e. The van der Waals surface area contributed by atoms with Crippen LogP contribution in [0.15, 0.2) is 55.1 Å². The molecule has 1 aromatic rings. The first-order chi connectivity index (χ1) is 7.09. The van der Waals surface area contributed by atoms with E-state index in [1.807, 2.05) is 18.2 Å². The van der Waals surface area contributed by atoms with Crippen LogP contribution in [0.3, 0.4) is 0 Å². The first-order valence-corrected chi connectivity index (χ1v) is 4.75. The van der Waals surface area contributed by atoms with Gasteiger partial charge in [0.25, 0.3) is 0 Å². The minimum Gasteiger partial charge on any atom is -0.379 e. The highest BCUT2D eigenvalue weighted by Crippen LogP contribution is 2.21. The molecule has 0 fully saturated rings. The highest BCUT2D eigenvalue weighted by Gasteiger charge is 2.26. The molecule has 0 aliphatic rings. The maximum Gasteiger partial charge on any atom is 0.128 e. The summed E-state index contributed by atoms with van der Waals surface area (Å²) in [6, 6.07) is 9.16. The van der Waals surface area contributed by atoms with Crippen LogP contribution in [-0.4, -0.2) is 10.8 Å². The van der Waals surface area contributed by atoms with Gasteiger partial charge in [0.05, 0.1) is 5.71 Å². The third-order valence-electron chi connectivity index (χ3n) is 2.26. The summed E-state index contributed by atoms with van der Waals surface area (Å²) in [5, 5.41) is 17.9. The minimum atomic E-state index is -1.25. The number of aliphatic hydroxyl groups is 1. The van der Waals surface area contributed by atoms with E-state index in [1.165, 1.54) is 0 Å². The summed E-state index contributed by atoms with van der Waals surface area (Å²) in [4.78, 5) is 0. The second-order valence-electron chi connectivity index (χ2n) is 3.45. The molecule has 0 aliphatic heterocycles. The van der Waals surface area contributed by atoms with Crippen LogP contribution in [0.1, 0.15) is 12.5 Å². The quantitative estimate of drug-likeness (QED) is 0.571. The SMILES string of the molecule is C=C/C=C\C(=N)C(C)(O)c1ccccc1. The number of benzene rings is 1. The standard InChI is InChI=1S/C13H15NO/c1-3-4-10-12(14)13(2,15)11-8-6-5-7-9-11/h3-10,14-15H,1H2,2H3/b10-4-,14-12?. The Morgan fingerprint density at radius 3 is 2.53 bits per heavy atom. The third-order valence-corrected chi connectivity index (χ3v) is 2.26. The van der Waals surface area contributed by atoms with Crippen molar-refractivity contribution in [2.75, 3.05) is 0 Å². The number of allylic oxidation sites excluding steroid dienone is 2. The lowest BCUT2D eigenvalue weighted by Gasteiger charge is -2.22. The molecule has 0 saturated heterocycles. The second kappa shape index (κ2) is 4.71. The van der Waals surface area contributed by atoms with E-state index >= 15 is 0 Å². The van der Waals surface area contributed by atoms with E-state index in [0.717, 1.165) is 0 Å². The van der Waals surface area contributed by atoms with Gasteiger partial charge in [-0.1, -0.05) is 49.1 Å². The molecule has 0 heterocycles. The van der Waals surface area contributed by atoms with Crippen LogP contribution in [-0.2, 0) is 5.60 Å². The molecule has 1 unspecified atom stereocenters. The summed E-state index contributed by atoms with van der Waals surface area (Å²) < 4.78 is 0. The highest BCUT2D eigenvalue weighted by atomic mass is 16.3. The van der Waals surface area contributed by atoms with Crippen molar-refractivity contribution in [3.05, 3.63) is 60.7 Å². The summed E-state index contributed by atoms with van der Waals surface area (Å²) in [6.45, 7) is 5.13. The van der Waals surface area contributed by atoms with Gasteiger partial charge < -0.3 is 10.5 Å². The molecule has 0 saturated carbocycles. The van der Waals surface area contributed by atoms with Crippen molar-refractivity contribution in [2.24, 2.45) is 0 Å².